The van der Waals surface area contributed by atoms with Crippen molar-refractivity contribution >= 4 is 17.6 Å². The van der Waals surface area contributed by atoms with Gasteiger partial charge < -0.3 is 16.0 Å². The van der Waals surface area contributed by atoms with Gasteiger partial charge in [0.25, 0.3) is 5.91 Å². The Bertz CT molecular complexity index is 474. The van der Waals surface area contributed by atoms with E-state index in [1.165, 1.54) is 12.4 Å². The van der Waals surface area contributed by atoms with Gasteiger partial charge in [-0.25, -0.2) is 9.97 Å². The first-order valence-electron chi connectivity index (χ1n) is 6.85. The summed E-state index contributed by atoms with van der Waals surface area (Å²) >= 11 is 0. The molecule has 0 aromatic carbocycles. The molecule has 2 amide bonds. The minimum atomic E-state index is -0.476. The van der Waals surface area contributed by atoms with Crippen molar-refractivity contribution in [3.63, 3.8) is 0 Å². The molecule has 0 aliphatic carbocycles. The Morgan fingerprint density at radius 1 is 1.45 bits per heavy atom. The zero-order valence-electron chi connectivity index (χ0n) is 11.5. The molecule has 0 spiro atoms. The fourth-order valence-electron chi connectivity index (χ4n) is 1.93. The molecule has 1 saturated heterocycles. The summed E-state index contributed by atoms with van der Waals surface area (Å²) in [6.45, 7) is 3.53. The fraction of sp³-hybridized carbons (Fsp3) is 0.538. The highest BCUT2D eigenvalue weighted by Crippen LogP contribution is 2.05. The van der Waals surface area contributed by atoms with E-state index in [-0.39, 0.29) is 17.5 Å². The Morgan fingerprint density at radius 3 is 2.95 bits per heavy atom. The van der Waals surface area contributed by atoms with Gasteiger partial charge in [-0.05, 0) is 19.3 Å². The smallest absolute Gasteiger partial charge is 0.272 e. The summed E-state index contributed by atoms with van der Waals surface area (Å²) in [5.41, 5.74) is 0.213. The molecule has 1 fully saturated rings. The molecule has 1 aliphatic heterocycles. The predicted molar refractivity (Wildman–Crippen MR) is 74.3 cm³/mol. The van der Waals surface area contributed by atoms with E-state index in [0.29, 0.717) is 18.8 Å². The summed E-state index contributed by atoms with van der Waals surface area (Å²) in [5.74, 6) is 0.124. The fourth-order valence-corrected chi connectivity index (χ4v) is 1.93. The molecule has 1 aromatic rings. The molecule has 20 heavy (non-hydrogen) atoms. The Kier molecular flexibility index (Phi) is 4.86. The topological polar surface area (TPSA) is 96.0 Å². The molecular weight excluding hydrogens is 258 g/mol. The minimum absolute atomic E-state index is 0.140. The van der Waals surface area contributed by atoms with Gasteiger partial charge in [0.2, 0.25) is 5.91 Å². The molecule has 2 rings (SSSR count). The predicted octanol–water partition coefficient (Wildman–Crippen LogP) is 0.307. The summed E-state index contributed by atoms with van der Waals surface area (Å²) in [5, 5.41) is 8.47. The molecular formula is C13H19N5O2. The average molecular weight is 277 g/mol. The molecule has 0 bridgehead atoms. The molecule has 0 radical (unpaired) electrons. The first-order chi connectivity index (χ1) is 9.70. The third-order valence-electron chi connectivity index (χ3n) is 3.03. The van der Waals surface area contributed by atoms with Gasteiger partial charge in [0.05, 0.1) is 12.4 Å². The highest BCUT2D eigenvalue weighted by molar-refractivity contribution is 5.96. The number of carbonyl (C=O) groups excluding carboxylic acids is 2. The van der Waals surface area contributed by atoms with E-state index in [1.54, 1.807) is 0 Å². The Hall–Kier alpha value is -2.18. The second-order valence-electron chi connectivity index (χ2n) is 4.67. The van der Waals surface area contributed by atoms with Crippen molar-refractivity contribution < 1.29 is 9.59 Å². The van der Waals surface area contributed by atoms with Gasteiger partial charge in [-0.1, -0.05) is 6.92 Å². The van der Waals surface area contributed by atoms with Crippen LogP contribution in [0.2, 0.25) is 0 Å². The molecule has 1 aliphatic rings. The maximum absolute atomic E-state index is 12.0. The van der Waals surface area contributed by atoms with Crippen LogP contribution in [-0.2, 0) is 4.79 Å². The number of amides is 2. The van der Waals surface area contributed by atoms with E-state index >= 15 is 0 Å². The van der Waals surface area contributed by atoms with Crippen LogP contribution in [0.3, 0.4) is 0 Å². The Labute approximate surface area is 117 Å². The number of aromatic nitrogens is 2. The third-order valence-corrected chi connectivity index (χ3v) is 3.03. The molecule has 3 N–H and O–H groups in total. The lowest BCUT2D eigenvalue weighted by molar-refractivity contribution is -0.124. The standard InChI is InChI=1S/C13H19N5O2/c1-2-5-14-11-8-16-10(7-17-11)13(20)18-9-4-3-6-15-12(9)19/h7-9H,2-6H2,1H3,(H,14,17)(H,15,19)(H,18,20). The largest absolute Gasteiger partial charge is 0.369 e. The van der Waals surface area contributed by atoms with Crippen LogP contribution in [0, 0.1) is 0 Å². The Balaban J connectivity index is 1.93. The van der Waals surface area contributed by atoms with Gasteiger partial charge >= 0.3 is 0 Å². The number of rotatable bonds is 5. The van der Waals surface area contributed by atoms with Crippen molar-refractivity contribution in [3.8, 4) is 0 Å². The van der Waals surface area contributed by atoms with Crippen molar-refractivity contribution in [1.82, 2.24) is 20.6 Å². The SMILES string of the molecule is CCCNc1cnc(C(=O)NC2CCCNC2=O)cn1. The maximum Gasteiger partial charge on any atom is 0.272 e. The lowest BCUT2D eigenvalue weighted by Crippen LogP contribution is -2.50. The Morgan fingerprint density at radius 2 is 2.30 bits per heavy atom. The molecule has 1 atom stereocenters. The van der Waals surface area contributed by atoms with Gasteiger partial charge in [0.15, 0.2) is 0 Å². The monoisotopic (exact) mass is 277 g/mol. The summed E-state index contributed by atoms with van der Waals surface area (Å²) < 4.78 is 0. The summed E-state index contributed by atoms with van der Waals surface area (Å²) in [6, 6.07) is -0.476. The normalized spacial score (nSPS) is 18.2. The third kappa shape index (κ3) is 3.66. The number of anilines is 1. The van der Waals surface area contributed by atoms with E-state index in [4.69, 9.17) is 0 Å². The van der Waals surface area contributed by atoms with E-state index in [9.17, 15) is 9.59 Å². The number of carbonyl (C=O) groups is 2. The average Bonchev–Trinajstić information content (AvgIpc) is 2.48. The minimum Gasteiger partial charge on any atom is -0.369 e. The van der Waals surface area contributed by atoms with Crippen LogP contribution in [0.4, 0.5) is 5.82 Å². The van der Waals surface area contributed by atoms with Crippen molar-refractivity contribution in [1.29, 1.82) is 0 Å². The number of hydrogen-bond donors (Lipinski definition) is 3. The number of hydrogen-bond acceptors (Lipinski definition) is 5. The summed E-state index contributed by atoms with van der Waals surface area (Å²) in [6.07, 6.45) is 5.43. The zero-order valence-corrected chi connectivity index (χ0v) is 11.5. The lowest BCUT2D eigenvalue weighted by Gasteiger charge is -2.22. The van der Waals surface area contributed by atoms with Crippen LogP contribution in [-0.4, -0.2) is 40.9 Å². The second kappa shape index (κ2) is 6.83. The van der Waals surface area contributed by atoms with Crippen molar-refractivity contribution in [2.75, 3.05) is 18.4 Å². The summed E-state index contributed by atoms with van der Waals surface area (Å²) in [4.78, 5) is 31.7. The van der Waals surface area contributed by atoms with Crippen LogP contribution in [0.5, 0.6) is 0 Å². The highest BCUT2D eigenvalue weighted by Gasteiger charge is 2.24. The van der Waals surface area contributed by atoms with Crippen LogP contribution in [0.25, 0.3) is 0 Å². The number of piperidine rings is 1. The number of nitrogens with one attached hydrogen (secondary N) is 3. The van der Waals surface area contributed by atoms with E-state index in [1.807, 2.05) is 0 Å². The second-order valence-corrected chi connectivity index (χ2v) is 4.67. The molecule has 1 aromatic heterocycles. The molecule has 0 saturated carbocycles. The molecule has 108 valence electrons. The molecule has 7 heteroatoms. The highest BCUT2D eigenvalue weighted by atomic mass is 16.2. The number of nitrogens with zero attached hydrogens (tertiary/aromatic N) is 2. The zero-order chi connectivity index (χ0) is 14.4. The van der Waals surface area contributed by atoms with Gasteiger partial charge in [-0.3, -0.25) is 9.59 Å². The van der Waals surface area contributed by atoms with Gasteiger partial charge in [0.1, 0.15) is 17.6 Å². The van der Waals surface area contributed by atoms with Crippen molar-refractivity contribution in [2.45, 2.75) is 32.2 Å². The van der Waals surface area contributed by atoms with E-state index < -0.39 is 6.04 Å². The van der Waals surface area contributed by atoms with Crippen molar-refractivity contribution in [2.24, 2.45) is 0 Å². The first-order valence-corrected chi connectivity index (χ1v) is 6.85. The van der Waals surface area contributed by atoms with Crippen LogP contribution in [0.1, 0.15) is 36.7 Å². The molecule has 2 heterocycles. The quantitative estimate of drug-likeness (QED) is 0.719. The summed E-state index contributed by atoms with van der Waals surface area (Å²) in [7, 11) is 0. The van der Waals surface area contributed by atoms with Crippen LogP contribution < -0.4 is 16.0 Å². The van der Waals surface area contributed by atoms with Gasteiger partial charge in [0, 0.05) is 13.1 Å². The van der Waals surface area contributed by atoms with E-state index in [0.717, 1.165) is 19.4 Å². The van der Waals surface area contributed by atoms with Crippen LogP contribution >= 0.6 is 0 Å². The van der Waals surface area contributed by atoms with E-state index in [2.05, 4.69) is 32.8 Å². The van der Waals surface area contributed by atoms with Gasteiger partial charge in [-0.2, -0.15) is 0 Å². The first kappa shape index (κ1) is 14.2. The molecule has 1 unspecified atom stereocenters. The maximum atomic E-state index is 12.0. The van der Waals surface area contributed by atoms with Crippen molar-refractivity contribution in [3.05, 3.63) is 18.1 Å². The molecule has 7 nitrogen and oxygen atoms in total. The van der Waals surface area contributed by atoms with Gasteiger partial charge in [-0.15, -0.1) is 0 Å². The lowest BCUT2D eigenvalue weighted by atomic mass is 10.1. The van der Waals surface area contributed by atoms with Crippen LogP contribution in [0.15, 0.2) is 12.4 Å².